The average Bonchev–Trinajstić information content (AvgIpc) is 2.45. The lowest BCUT2D eigenvalue weighted by Crippen LogP contribution is -2.36. The van der Waals surface area contributed by atoms with Crippen molar-refractivity contribution in [3.63, 3.8) is 0 Å². The zero-order chi connectivity index (χ0) is 16.9. The van der Waals surface area contributed by atoms with Crippen LogP contribution in [0.3, 0.4) is 0 Å². The van der Waals surface area contributed by atoms with Crippen LogP contribution in [0.4, 0.5) is 4.39 Å². The molecule has 0 spiro atoms. The summed E-state index contributed by atoms with van der Waals surface area (Å²) in [7, 11) is 2.03. The van der Waals surface area contributed by atoms with Gasteiger partial charge in [0.2, 0.25) is 6.54 Å². The topological polar surface area (TPSA) is 95.7 Å². The Hall–Kier alpha value is -2.22. The Morgan fingerprint density at radius 2 is 1.86 bits per heavy atom. The number of esters is 2. The number of nitro groups is 1. The highest BCUT2D eigenvalue weighted by atomic mass is 35.5. The van der Waals surface area contributed by atoms with E-state index in [-0.39, 0.29) is 10.6 Å². The lowest BCUT2D eigenvalue weighted by Gasteiger charge is -2.21. The highest BCUT2D eigenvalue weighted by Gasteiger charge is 2.42. The molecule has 0 unspecified atom stereocenters. The van der Waals surface area contributed by atoms with Gasteiger partial charge in [-0.05, 0) is 17.7 Å². The van der Waals surface area contributed by atoms with Gasteiger partial charge in [0.05, 0.1) is 20.1 Å². The second kappa shape index (κ2) is 7.69. The molecule has 0 radical (unpaired) electrons. The molecule has 0 N–H and O–H groups in total. The monoisotopic (exact) mass is 333 g/mol. The van der Waals surface area contributed by atoms with Crippen molar-refractivity contribution in [1.29, 1.82) is 0 Å². The van der Waals surface area contributed by atoms with Gasteiger partial charge in [-0.3, -0.25) is 19.7 Å². The summed E-state index contributed by atoms with van der Waals surface area (Å²) in [6.07, 6.45) is 0. The minimum absolute atomic E-state index is 0.0776. The molecule has 9 heteroatoms. The molecule has 0 fully saturated rings. The maximum absolute atomic E-state index is 14.0. The Labute approximate surface area is 130 Å². The minimum Gasteiger partial charge on any atom is -0.468 e. The van der Waals surface area contributed by atoms with Crippen molar-refractivity contribution >= 4 is 23.5 Å². The van der Waals surface area contributed by atoms with E-state index >= 15 is 0 Å². The van der Waals surface area contributed by atoms with Crippen LogP contribution < -0.4 is 0 Å². The van der Waals surface area contributed by atoms with Gasteiger partial charge < -0.3 is 9.47 Å². The third-order valence-electron chi connectivity index (χ3n) is 3.02. The van der Waals surface area contributed by atoms with Crippen LogP contribution in [0.25, 0.3) is 0 Å². The van der Waals surface area contributed by atoms with E-state index < -0.39 is 41.1 Å². The molecule has 0 saturated heterocycles. The van der Waals surface area contributed by atoms with Gasteiger partial charge >= 0.3 is 11.9 Å². The summed E-state index contributed by atoms with van der Waals surface area (Å²) in [6.45, 7) is -0.854. The molecule has 0 aliphatic carbocycles. The second-order valence-corrected chi connectivity index (χ2v) is 4.75. The van der Waals surface area contributed by atoms with Crippen molar-refractivity contribution < 1.29 is 28.4 Å². The van der Waals surface area contributed by atoms with Crippen molar-refractivity contribution in [2.24, 2.45) is 5.92 Å². The minimum atomic E-state index is -1.66. The predicted molar refractivity (Wildman–Crippen MR) is 73.5 cm³/mol. The van der Waals surface area contributed by atoms with E-state index in [0.717, 1.165) is 20.3 Å². The van der Waals surface area contributed by atoms with Crippen LogP contribution in [0.5, 0.6) is 0 Å². The Morgan fingerprint density at radius 3 is 2.27 bits per heavy atom. The maximum atomic E-state index is 14.0. The van der Waals surface area contributed by atoms with Crippen LogP contribution in [0, 0.1) is 21.8 Å². The summed E-state index contributed by atoms with van der Waals surface area (Å²) in [5.74, 6) is -6.00. The highest BCUT2D eigenvalue weighted by molar-refractivity contribution is 6.30. The average molecular weight is 334 g/mol. The normalized spacial score (nSPS) is 11.9. The molecule has 0 bridgehead atoms. The second-order valence-electron chi connectivity index (χ2n) is 4.31. The van der Waals surface area contributed by atoms with Gasteiger partial charge in [0, 0.05) is 9.95 Å². The van der Waals surface area contributed by atoms with Gasteiger partial charge in [0.15, 0.2) is 5.92 Å². The first-order valence-corrected chi connectivity index (χ1v) is 6.42. The van der Waals surface area contributed by atoms with Gasteiger partial charge in [-0.15, -0.1) is 0 Å². The number of halogens is 2. The van der Waals surface area contributed by atoms with Crippen molar-refractivity contribution in [2.45, 2.75) is 5.92 Å². The number of rotatable bonds is 6. The molecule has 22 heavy (non-hydrogen) atoms. The number of benzene rings is 1. The molecule has 0 aliphatic heterocycles. The summed E-state index contributed by atoms with van der Waals surface area (Å²) >= 11 is 5.63. The third-order valence-corrected chi connectivity index (χ3v) is 3.26. The smallest absolute Gasteiger partial charge is 0.320 e. The van der Waals surface area contributed by atoms with Gasteiger partial charge in [0.25, 0.3) is 0 Å². The molecular formula is C13H13ClFNO6. The van der Waals surface area contributed by atoms with Crippen molar-refractivity contribution in [3.05, 3.63) is 44.7 Å². The van der Waals surface area contributed by atoms with E-state index in [9.17, 15) is 24.1 Å². The zero-order valence-corrected chi connectivity index (χ0v) is 12.5. The molecule has 0 aliphatic rings. The molecule has 1 atom stereocenters. The van der Waals surface area contributed by atoms with E-state index in [1.165, 1.54) is 12.1 Å². The van der Waals surface area contributed by atoms with Crippen molar-refractivity contribution in [3.8, 4) is 0 Å². The van der Waals surface area contributed by atoms with E-state index in [0.29, 0.717) is 0 Å². The molecule has 0 heterocycles. The first-order valence-electron chi connectivity index (χ1n) is 6.04. The van der Waals surface area contributed by atoms with Crippen molar-refractivity contribution in [1.82, 2.24) is 0 Å². The van der Waals surface area contributed by atoms with E-state index in [1.54, 1.807) is 0 Å². The number of nitrogens with zero attached hydrogens (tertiary/aromatic N) is 1. The Bertz CT molecular complexity index is 578. The van der Waals surface area contributed by atoms with E-state index in [2.05, 4.69) is 9.47 Å². The number of carbonyl (C=O) groups excluding carboxylic acids is 2. The highest BCUT2D eigenvalue weighted by Crippen LogP contribution is 2.30. The Morgan fingerprint density at radius 1 is 1.32 bits per heavy atom. The standard InChI is InChI=1S/C13H13ClFNO6/c1-21-12(17)11(13(18)22-2)9(6-16(19)20)8-4-3-7(14)5-10(8)15/h3-5,9,11H,6H2,1-2H3/t9-/m0/s1. The van der Waals surface area contributed by atoms with Gasteiger partial charge in [-0.2, -0.15) is 0 Å². The van der Waals surface area contributed by atoms with E-state index in [4.69, 9.17) is 11.6 Å². The molecule has 0 saturated carbocycles. The van der Waals surface area contributed by atoms with Crippen molar-refractivity contribution in [2.75, 3.05) is 20.8 Å². The first-order chi connectivity index (χ1) is 10.3. The number of methoxy groups -OCH3 is 2. The molecule has 7 nitrogen and oxygen atoms in total. The van der Waals surface area contributed by atoms with Crippen LogP contribution in [0.2, 0.25) is 5.02 Å². The number of carbonyl (C=O) groups is 2. The lowest BCUT2D eigenvalue weighted by molar-refractivity contribution is -0.484. The van der Waals surface area contributed by atoms with Crippen LogP contribution >= 0.6 is 11.6 Å². The summed E-state index contributed by atoms with van der Waals surface area (Å²) in [6, 6.07) is 3.43. The summed E-state index contributed by atoms with van der Waals surface area (Å²) in [5, 5.41) is 10.9. The van der Waals surface area contributed by atoms with Gasteiger partial charge in [-0.1, -0.05) is 17.7 Å². The lowest BCUT2D eigenvalue weighted by atomic mass is 9.85. The zero-order valence-electron chi connectivity index (χ0n) is 11.7. The van der Waals surface area contributed by atoms with Gasteiger partial charge in [-0.25, -0.2) is 4.39 Å². The first kappa shape index (κ1) is 17.8. The largest absolute Gasteiger partial charge is 0.468 e. The summed E-state index contributed by atoms with van der Waals surface area (Å²) in [4.78, 5) is 33.7. The summed E-state index contributed by atoms with van der Waals surface area (Å²) < 4.78 is 23.0. The molecule has 0 aromatic heterocycles. The molecule has 120 valence electrons. The number of hydrogen-bond acceptors (Lipinski definition) is 6. The number of ether oxygens (including phenoxy) is 2. The molecule has 0 amide bonds. The predicted octanol–water partition coefficient (Wildman–Crippen LogP) is 1.80. The SMILES string of the molecule is COC(=O)C(C(=O)OC)[C@@H](C[N+](=O)[O-])c1ccc(Cl)cc1F. The molecule has 1 aromatic rings. The molecule has 1 aromatic carbocycles. The Balaban J connectivity index is 3.38. The fourth-order valence-corrected chi connectivity index (χ4v) is 2.18. The van der Waals surface area contributed by atoms with E-state index in [1.807, 2.05) is 0 Å². The molecule has 1 rings (SSSR count). The fraction of sp³-hybridized carbons (Fsp3) is 0.385. The fourth-order valence-electron chi connectivity index (χ4n) is 2.02. The van der Waals surface area contributed by atoms with Crippen LogP contribution in [-0.2, 0) is 19.1 Å². The third kappa shape index (κ3) is 4.14. The number of hydrogen-bond donors (Lipinski definition) is 0. The van der Waals surface area contributed by atoms with Crippen LogP contribution in [0.1, 0.15) is 11.5 Å². The van der Waals surface area contributed by atoms with Gasteiger partial charge in [0.1, 0.15) is 5.82 Å². The van der Waals surface area contributed by atoms with Crippen LogP contribution in [-0.4, -0.2) is 37.6 Å². The Kier molecular flexibility index (Phi) is 6.24. The quantitative estimate of drug-likeness (QED) is 0.341. The van der Waals surface area contributed by atoms with Crippen LogP contribution in [0.15, 0.2) is 18.2 Å². The maximum Gasteiger partial charge on any atom is 0.320 e. The molecular weight excluding hydrogens is 321 g/mol. The summed E-state index contributed by atoms with van der Waals surface area (Å²) in [5.41, 5.74) is -0.193.